The van der Waals surface area contributed by atoms with Crippen LogP contribution >= 0.6 is 0 Å². The van der Waals surface area contributed by atoms with Crippen molar-refractivity contribution in [1.29, 1.82) is 0 Å². The number of ether oxygens (including phenoxy) is 1. The predicted octanol–water partition coefficient (Wildman–Crippen LogP) is 3.36. The van der Waals surface area contributed by atoms with Crippen molar-refractivity contribution in [3.8, 4) is 0 Å². The second kappa shape index (κ2) is 7.29. The third kappa shape index (κ3) is 4.84. The Bertz CT molecular complexity index is 178. The summed E-state index contributed by atoms with van der Waals surface area (Å²) in [4.78, 5) is 0. The van der Waals surface area contributed by atoms with Crippen molar-refractivity contribution in [3.63, 3.8) is 0 Å². The summed E-state index contributed by atoms with van der Waals surface area (Å²) in [6, 6.07) is 0.736. The highest BCUT2D eigenvalue weighted by atomic mass is 16.5. The van der Waals surface area contributed by atoms with Gasteiger partial charge in [-0.1, -0.05) is 26.7 Å². The van der Waals surface area contributed by atoms with Crippen LogP contribution in [-0.4, -0.2) is 26.3 Å². The lowest BCUT2D eigenvalue weighted by Gasteiger charge is -2.21. The van der Waals surface area contributed by atoms with Crippen LogP contribution in [0.3, 0.4) is 0 Å². The summed E-state index contributed by atoms with van der Waals surface area (Å²) in [6.45, 7) is 6.70. The van der Waals surface area contributed by atoms with E-state index in [1.165, 1.54) is 51.5 Å². The molecule has 0 aromatic carbocycles. The zero-order chi connectivity index (χ0) is 11.9. The van der Waals surface area contributed by atoms with Gasteiger partial charge in [0, 0.05) is 26.3 Å². The van der Waals surface area contributed by atoms with E-state index in [-0.39, 0.29) is 0 Å². The van der Waals surface area contributed by atoms with E-state index in [2.05, 4.69) is 19.2 Å². The average molecular weight is 227 g/mol. The van der Waals surface area contributed by atoms with Gasteiger partial charge < -0.3 is 10.1 Å². The van der Waals surface area contributed by atoms with Crippen LogP contribution < -0.4 is 5.32 Å². The molecule has 2 heteroatoms. The number of rotatable bonds is 10. The zero-order valence-electron chi connectivity index (χ0n) is 11.3. The van der Waals surface area contributed by atoms with Gasteiger partial charge in [-0.15, -0.1) is 0 Å². The van der Waals surface area contributed by atoms with Crippen molar-refractivity contribution in [3.05, 3.63) is 0 Å². The summed E-state index contributed by atoms with van der Waals surface area (Å²) < 4.78 is 5.19. The molecule has 16 heavy (non-hydrogen) atoms. The van der Waals surface area contributed by atoms with Crippen LogP contribution in [0.4, 0.5) is 0 Å². The lowest BCUT2D eigenvalue weighted by atomic mass is 10.0. The zero-order valence-corrected chi connectivity index (χ0v) is 11.3. The van der Waals surface area contributed by atoms with Gasteiger partial charge in [-0.05, 0) is 37.5 Å². The molecule has 0 spiro atoms. The number of hydrogen-bond donors (Lipinski definition) is 1. The smallest absolute Gasteiger partial charge is 0.0468 e. The average Bonchev–Trinajstić information content (AvgIpc) is 3.07. The lowest BCUT2D eigenvalue weighted by Crippen LogP contribution is -2.34. The second-order valence-electron chi connectivity index (χ2n) is 5.37. The highest BCUT2D eigenvalue weighted by molar-refractivity contribution is 4.95. The first-order valence-corrected chi connectivity index (χ1v) is 6.98. The summed E-state index contributed by atoms with van der Waals surface area (Å²) in [6.07, 6.45) is 9.30. The molecule has 1 atom stereocenters. The highest BCUT2D eigenvalue weighted by Crippen LogP contribution is 2.48. The molecule has 2 nitrogen and oxygen atoms in total. The maximum absolute atomic E-state index is 5.19. The molecule has 0 heterocycles. The van der Waals surface area contributed by atoms with Crippen molar-refractivity contribution >= 4 is 0 Å². The molecule has 0 amide bonds. The van der Waals surface area contributed by atoms with Crippen molar-refractivity contribution in [1.82, 2.24) is 5.32 Å². The molecule has 96 valence electrons. The van der Waals surface area contributed by atoms with E-state index < -0.39 is 0 Å². The van der Waals surface area contributed by atoms with Crippen LogP contribution in [-0.2, 0) is 4.74 Å². The fourth-order valence-electron chi connectivity index (χ4n) is 2.27. The van der Waals surface area contributed by atoms with Gasteiger partial charge in [0.25, 0.3) is 0 Å². The van der Waals surface area contributed by atoms with Crippen molar-refractivity contribution in [2.24, 2.45) is 5.41 Å². The maximum Gasteiger partial charge on any atom is 0.0468 e. The van der Waals surface area contributed by atoms with Gasteiger partial charge >= 0.3 is 0 Å². The summed E-state index contributed by atoms with van der Waals surface area (Å²) in [5.41, 5.74) is 0.593. The minimum atomic E-state index is 0.593. The number of methoxy groups -OCH3 is 1. The third-order valence-corrected chi connectivity index (χ3v) is 3.96. The summed E-state index contributed by atoms with van der Waals surface area (Å²) in [5, 5.41) is 3.76. The standard InChI is InChI=1S/C14H29NO/c1-4-6-7-13(5-2)15-12-14(8-9-14)10-11-16-3/h13,15H,4-12H2,1-3H3. The highest BCUT2D eigenvalue weighted by Gasteiger charge is 2.41. The second-order valence-corrected chi connectivity index (χ2v) is 5.37. The van der Waals surface area contributed by atoms with Gasteiger partial charge in [-0.2, -0.15) is 0 Å². The topological polar surface area (TPSA) is 21.3 Å². The number of unbranched alkanes of at least 4 members (excludes halogenated alkanes) is 1. The molecule has 0 radical (unpaired) electrons. The predicted molar refractivity (Wildman–Crippen MR) is 69.8 cm³/mol. The van der Waals surface area contributed by atoms with Crippen LogP contribution in [0.15, 0.2) is 0 Å². The molecular formula is C14H29NO. The molecule has 1 unspecified atom stereocenters. The lowest BCUT2D eigenvalue weighted by molar-refractivity contribution is 0.169. The van der Waals surface area contributed by atoms with E-state index in [4.69, 9.17) is 4.74 Å². The molecule has 1 aliphatic carbocycles. The molecule has 0 bridgehead atoms. The normalized spacial score (nSPS) is 19.7. The van der Waals surface area contributed by atoms with Gasteiger partial charge in [0.15, 0.2) is 0 Å². The molecule has 1 N–H and O–H groups in total. The third-order valence-electron chi connectivity index (χ3n) is 3.96. The van der Waals surface area contributed by atoms with E-state index in [9.17, 15) is 0 Å². The Morgan fingerprint density at radius 3 is 2.56 bits per heavy atom. The molecule has 1 aliphatic rings. The van der Waals surface area contributed by atoms with Crippen LogP contribution in [0.1, 0.15) is 58.8 Å². The van der Waals surface area contributed by atoms with Crippen molar-refractivity contribution in [2.45, 2.75) is 64.8 Å². The minimum absolute atomic E-state index is 0.593. The molecule has 1 saturated carbocycles. The van der Waals surface area contributed by atoms with Crippen LogP contribution in [0.25, 0.3) is 0 Å². The van der Waals surface area contributed by atoms with E-state index in [0.717, 1.165) is 12.6 Å². The molecule has 0 aromatic rings. The SMILES string of the molecule is CCCCC(CC)NCC1(CCOC)CC1. The number of hydrogen-bond acceptors (Lipinski definition) is 2. The van der Waals surface area contributed by atoms with E-state index >= 15 is 0 Å². The first-order valence-electron chi connectivity index (χ1n) is 6.98. The Morgan fingerprint density at radius 2 is 2.06 bits per heavy atom. The molecule has 0 saturated heterocycles. The van der Waals surface area contributed by atoms with Gasteiger partial charge in [-0.3, -0.25) is 0 Å². The van der Waals surface area contributed by atoms with Crippen LogP contribution in [0.5, 0.6) is 0 Å². The Balaban J connectivity index is 2.16. The Hall–Kier alpha value is -0.0800. The van der Waals surface area contributed by atoms with Gasteiger partial charge in [-0.25, -0.2) is 0 Å². The Kier molecular flexibility index (Phi) is 6.37. The molecule has 1 fully saturated rings. The van der Waals surface area contributed by atoms with Crippen LogP contribution in [0.2, 0.25) is 0 Å². The van der Waals surface area contributed by atoms with Crippen molar-refractivity contribution < 1.29 is 4.74 Å². The van der Waals surface area contributed by atoms with E-state index in [0.29, 0.717) is 5.41 Å². The summed E-state index contributed by atoms with van der Waals surface area (Å²) in [7, 11) is 1.81. The monoisotopic (exact) mass is 227 g/mol. The quantitative estimate of drug-likeness (QED) is 0.618. The fourth-order valence-corrected chi connectivity index (χ4v) is 2.27. The fraction of sp³-hybridized carbons (Fsp3) is 1.00. The minimum Gasteiger partial charge on any atom is -0.385 e. The summed E-state index contributed by atoms with van der Waals surface area (Å²) >= 11 is 0. The molecule has 0 aromatic heterocycles. The maximum atomic E-state index is 5.19. The molecular weight excluding hydrogens is 198 g/mol. The van der Waals surface area contributed by atoms with Gasteiger partial charge in [0.1, 0.15) is 0 Å². The van der Waals surface area contributed by atoms with Gasteiger partial charge in [0.2, 0.25) is 0 Å². The molecule has 1 rings (SSSR count). The molecule has 0 aliphatic heterocycles. The van der Waals surface area contributed by atoms with Crippen molar-refractivity contribution in [2.75, 3.05) is 20.3 Å². The Morgan fingerprint density at radius 1 is 1.31 bits per heavy atom. The number of nitrogens with one attached hydrogen (secondary N) is 1. The summed E-state index contributed by atoms with van der Waals surface area (Å²) in [5.74, 6) is 0. The Labute approximate surface area is 101 Å². The first kappa shape index (κ1) is 14.0. The van der Waals surface area contributed by atoms with E-state index in [1.54, 1.807) is 7.11 Å². The van der Waals surface area contributed by atoms with E-state index in [1.807, 2.05) is 0 Å². The van der Waals surface area contributed by atoms with Crippen LogP contribution in [0, 0.1) is 5.41 Å². The largest absolute Gasteiger partial charge is 0.385 e. The first-order chi connectivity index (χ1) is 7.76. The van der Waals surface area contributed by atoms with Gasteiger partial charge in [0.05, 0.1) is 0 Å².